The zero-order chi connectivity index (χ0) is 17.8. The van der Waals surface area contributed by atoms with Gasteiger partial charge in [0.05, 0.1) is 11.4 Å². The van der Waals surface area contributed by atoms with E-state index in [-0.39, 0.29) is 18.3 Å². The molecule has 0 aliphatic rings. The molecule has 0 spiro atoms. The van der Waals surface area contributed by atoms with Crippen molar-refractivity contribution < 1.29 is 13.9 Å². The minimum Gasteiger partial charge on any atom is -0.484 e. The largest absolute Gasteiger partial charge is 0.484 e. The first-order chi connectivity index (χ1) is 12.0. The molecule has 1 N–H and O–H groups in total. The van der Waals surface area contributed by atoms with Gasteiger partial charge in [0.2, 0.25) is 0 Å². The van der Waals surface area contributed by atoms with Gasteiger partial charge in [0.1, 0.15) is 17.4 Å². The van der Waals surface area contributed by atoms with Crippen molar-refractivity contribution in [1.29, 1.82) is 0 Å². The minimum atomic E-state index is -0.333. The average Bonchev–Trinajstić information content (AvgIpc) is 2.94. The number of anilines is 1. The number of aryl methyl sites for hydroxylation is 1. The van der Waals surface area contributed by atoms with Crippen LogP contribution in [-0.2, 0) is 4.79 Å². The van der Waals surface area contributed by atoms with E-state index in [1.807, 2.05) is 19.1 Å². The highest BCUT2D eigenvalue weighted by atomic mass is 79.9. The van der Waals surface area contributed by atoms with E-state index in [1.165, 1.54) is 12.1 Å². The van der Waals surface area contributed by atoms with Crippen molar-refractivity contribution in [3.63, 3.8) is 0 Å². The molecular weight excluding hydrogens is 389 g/mol. The molecule has 0 radical (unpaired) electrons. The fourth-order valence-electron chi connectivity index (χ4n) is 2.25. The predicted octanol–water partition coefficient (Wildman–Crippen LogP) is 4.10. The van der Waals surface area contributed by atoms with E-state index in [2.05, 4.69) is 26.3 Å². The lowest BCUT2D eigenvalue weighted by Crippen LogP contribution is -2.21. The highest BCUT2D eigenvalue weighted by molar-refractivity contribution is 9.10. The molecule has 128 valence electrons. The van der Waals surface area contributed by atoms with Crippen molar-refractivity contribution in [2.45, 2.75) is 6.92 Å². The van der Waals surface area contributed by atoms with Gasteiger partial charge in [-0.2, -0.15) is 5.10 Å². The second kappa shape index (κ2) is 7.48. The van der Waals surface area contributed by atoms with E-state index in [4.69, 9.17) is 4.74 Å². The maximum atomic E-state index is 13.1. The van der Waals surface area contributed by atoms with Gasteiger partial charge in [-0.05, 0) is 49.4 Å². The second-order valence-electron chi connectivity index (χ2n) is 5.35. The molecule has 3 aromatic rings. The van der Waals surface area contributed by atoms with E-state index in [1.54, 1.807) is 35.0 Å². The first-order valence-corrected chi connectivity index (χ1v) is 8.31. The maximum Gasteiger partial charge on any atom is 0.263 e. The quantitative estimate of drug-likeness (QED) is 0.697. The van der Waals surface area contributed by atoms with Crippen LogP contribution in [0.25, 0.3) is 5.69 Å². The number of amides is 1. The van der Waals surface area contributed by atoms with Gasteiger partial charge in [0.25, 0.3) is 5.91 Å². The summed E-state index contributed by atoms with van der Waals surface area (Å²) in [5.41, 5.74) is 1.38. The van der Waals surface area contributed by atoms with Crippen LogP contribution in [0.3, 0.4) is 0 Å². The molecule has 1 heterocycles. The van der Waals surface area contributed by atoms with Crippen LogP contribution in [0, 0.1) is 12.7 Å². The predicted molar refractivity (Wildman–Crippen MR) is 96.5 cm³/mol. The lowest BCUT2D eigenvalue weighted by Gasteiger charge is -2.10. The Kier molecular flexibility index (Phi) is 5.14. The van der Waals surface area contributed by atoms with Crippen molar-refractivity contribution in [2.75, 3.05) is 11.9 Å². The first-order valence-electron chi connectivity index (χ1n) is 7.52. The fraction of sp³-hybridized carbons (Fsp3) is 0.111. The van der Waals surface area contributed by atoms with Crippen LogP contribution < -0.4 is 10.1 Å². The van der Waals surface area contributed by atoms with E-state index in [0.717, 1.165) is 10.2 Å². The summed E-state index contributed by atoms with van der Waals surface area (Å²) in [7, 11) is 0. The Morgan fingerprint density at radius 3 is 2.72 bits per heavy atom. The third-order valence-corrected chi connectivity index (χ3v) is 3.83. The monoisotopic (exact) mass is 403 g/mol. The second-order valence-corrected chi connectivity index (χ2v) is 6.27. The Morgan fingerprint density at radius 1 is 1.24 bits per heavy atom. The molecule has 0 bridgehead atoms. The van der Waals surface area contributed by atoms with E-state index in [9.17, 15) is 9.18 Å². The Hall–Kier alpha value is -2.67. The summed E-state index contributed by atoms with van der Waals surface area (Å²) in [5.74, 6) is 0.434. The zero-order valence-corrected chi connectivity index (χ0v) is 15.0. The molecule has 0 saturated heterocycles. The van der Waals surface area contributed by atoms with Gasteiger partial charge in [-0.25, -0.2) is 9.07 Å². The molecule has 2 aromatic carbocycles. The van der Waals surface area contributed by atoms with Gasteiger partial charge in [-0.1, -0.05) is 22.0 Å². The molecule has 0 saturated carbocycles. The third kappa shape index (κ3) is 4.45. The normalized spacial score (nSPS) is 10.5. The highest BCUT2D eigenvalue weighted by Crippen LogP contribution is 2.19. The number of benzene rings is 2. The molecule has 0 aliphatic heterocycles. The lowest BCUT2D eigenvalue weighted by molar-refractivity contribution is -0.118. The van der Waals surface area contributed by atoms with E-state index in [0.29, 0.717) is 17.3 Å². The SMILES string of the molecule is Cc1cc(NC(=O)COc2cccc(Br)c2)n(-c2ccc(F)cc2)n1. The molecule has 7 heteroatoms. The van der Waals surface area contributed by atoms with Crippen molar-refractivity contribution >= 4 is 27.7 Å². The van der Waals surface area contributed by atoms with Gasteiger partial charge in [0, 0.05) is 10.5 Å². The molecule has 3 rings (SSSR count). The van der Waals surface area contributed by atoms with Crippen molar-refractivity contribution in [3.8, 4) is 11.4 Å². The Balaban J connectivity index is 1.70. The van der Waals surface area contributed by atoms with Gasteiger partial charge in [-0.15, -0.1) is 0 Å². The van der Waals surface area contributed by atoms with Crippen LogP contribution in [-0.4, -0.2) is 22.3 Å². The van der Waals surface area contributed by atoms with Crippen molar-refractivity contribution in [1.82, 2.24) is 9.78 Å². The zero-order valence-electron chi connectivity index (χ0n) is 13.4. The highest BCUT2D eigenvalue weighted by Gasteiger charge is 2.11. The molecule has 5 nitrogen and oxygen atoms in total. The summed E-state index contributed by atoms with van der Waals surface area (Å²) in [6, 6.07) is 14.8. The molecule has 0 fully saturated rings. The van der Waals surface area contributed by atoms with Crippen molar-refractivity contribution in [2.24, 2.45) is 0 Å². The number of nitrogens with one attached hydrogen (secondary N) is 1. The van der Waals surface area contributed by atoms with Crippen LogP contribution in [0.1, 0.15) is 5.69 Å². The summed E-state index contributed by atoms with van der Waals surface area (Å²) < 4.78 is 21.0. The molecule has 0 aliphatic carbocycles. The lowest BCUT2D eigenvalue weighted by atomic mass is 10.3. The Morgan fingerprint density at radius 2 is 2.00 bits per heavy atom. The molecule has 25 heavy (non-hydrogen) atoms. The average molecular weight is 404 g/mol. The summed E-state index contributed by atoms with van der Waals surface area (Å²) >= 11 is 3.35. The number of nitrogens with zero attached hydrogens (tertiary/aromatic N) is 2. The topological polar surface area (TPSA) is 56.1 Å². The van der Waals surface area contributed by atoms with Gasteiger partial charge >= 0.3 is 0 Å². The standard InChI is InChI=1S/C18H15BrFN3O2/c1-12-9-17(23(22-12)15-7-5-14(20)6-8-15)21-18(24)11-25-16-4-2-3-13(19)10-16/h2-10H,11H2,1H3,(H,21,24). The number of ether oxygens (including phenoxy) is 1. The molecule has 0 atom stereocenters. The summed E-state index contributed by atoms with van der Waals surface area (Å²) in [6.45, 7) is 1.68. The molecule has 1 amide bonds. The maximum absolute atomic E-state index is 13.1. The number of carbonyl (C=O) groups excluding carboxylic acids is 1. The molecule has 1 aromatic heterocycles. The van der Waals surface area contributed by atoms with Gasteiger partial charge < -0.3 is 10.1 Å². The number of rotatable bonds is 5. The fourth-order valence-corrected chi connectivity index (χ4v) is 2.63. The van der Waals surface area contributed by atoms with Crippen LogP contribution in [0.2, 0.25) is 0 Å². The number of carbonyl (C=O) groups is 1. The smallest absolute Gasteiger partial charge is 0.263 e. The minimum absolute atomic E-state index is 0.135. The van der Waals surface area contributed by atoms with Crippen LogP contribution in [0.4, 0.5) is 10.2 Å². The van der Waals surface area contributed by atoms with Crippen LogP contribution in [0.5, 0.6) is 5.75 Å². The Bertz CT molecular complexity index is 894. The summed E-state index contributed by atoms with van der Waals surface area (Å²) in [4.78, 5) is 12.2. The Labute approximate surface area is 152 Å². The summed E-state index contributed by atoms with van der Waals surface area (Å²) in [5, 5.41) is 7.09. The third-order valence-electron chi connectivity index (χ3n) is 3.34. The number of aromatic nitrogens is 2. The number of hydrogen-bond donors (Lipinski definition) is 1. The van der Waals surface area contributed by atoms with E-state index < -0.39 is 0 Å². The van der Waals surface area contributed by atoms with Crippen LogP contribution in [0.15, 0.2) is 59.1 Å². The number of hydrogen-bond acceptors (Lipinski definition) is 3. The first kappa shape index (κ1) is 17.2. The molecule has 0 unspecified atom stereocenters. The van der Waals surface area contributed by atoms with Crippen molar-refractivity contribution in [3.05, 3.63) is 70.6 Å². The van der Waals surface area contributed by atoms with Gasteiger partial charge in [0.15, 0.2) is 6.61 Å². The van der Waals surface area contributed by atoms with E-state index >= 15 is 0 Å². The summed E-state index contributed by atoms with van der Waals surface area (Å²) in [6.07, 6.45) is 0. The molecular formula is C18H15BrFN3O2. The number of halogens is 2. The van der Waals surface area contributed by atoms with Crippen LogP contribution >= 0.6 is 15.9 Å². The van der Waals surface area contributed by atoms with Gasteiger partial charge in [-0.3, -0.25) is 4.79 Å².